The number of nitrogens with zero attached hydrogens (tertiary/aromatic N) is 3. The Kier molecular flexibility index (Phi) is 5.25. The molecule has 1 spiro atoms. The van der Waals surface area contributed by atoms with Gasteiger partial charge in [-0.3, -0.25) is 19.3 Å². The molecular weight excluding hydrogens is 336 g/mol. The summed E-state index contributed by atoms with van der Waals surface area (Å²) in [6, 6.07) is 0.139. The van der Waals surface area contributed by atoms with Gasteiger partial charge in [0, 0.05) is 64.6 Å². The minimum Gasteiger partial charge on any atom is -0.392 e. The van der Waals surface area contributed by atoms with Crippen LogP contribution in [0.3, 0.4) is 0 Å². The van der Waals surface area contributed by atoms with Gasteiger partial charge in [-0.25, -0.2) is 0 Å². The van der Waals surface area contributed by atoms with Crippen molar-refractivity contribution in [1.29, 1.82) is 0 Å². The number of rotatable bonds is 4. The standard InChI is InChI=1S/C18H30N4O4/c1-12(2)17(26)21-10-18(11-21)9-20(16(25)4-5-19-13(3)23)7-14-6-15(24)8-22(14)18/h12,14-15,24H,4-11H2,1-3H3,(H,19,23). The van der Waals surface area contributed by atoms with Crippen molar-refractivity contribution in [2.75, 3.05) is 39.3 Å². The number of aliphatic hydroxyl groups excluding tert-OH is 1. The van der Waals surface area contributed by atoms with E-state index in [1.165, 1.54) is 6.92 Å². The quantitative estimate of drug-likeness (QED) is 0.668. The van der Waals surface area contributed by atoms with E-state index in [9.17, 15) is 19.5 Å². The number of fused-ring (bicyclic) bond motifs is 2. The van der Waals surface area contributed by atoms with E-state index in [-0.39, 0.29) is 47.7 Å². The van der Waals surface area contributed by atoms with Gasteiger partial charge < -0.3 is 20.2 Å². The van der Waals surface area contributed by atoms with Gasteiger partial charge in [0.15, 0.2) is 0 Å². The normalized spacial score (nSPS) is 27.4. The number of piperazine rings is 1. The fourth-order valence-electron chi connectivity index (χ4n) is 4.57. The van der Waals surface area contributed by atoms with Crippen LogP contribution in [0.1, 0.15) is 33.6 Å². The minimum absolute atomic E-state index is 0.0211. The third-order valence-corrected chi connectivity index (χ3v) is 5.76. The van der Waals surface area contributed by atoms with Crippen LogP contribution in [0.25, 0.3) is 0 Å². The molecule has 2 N–H and O–H groups in total. The molecular formula is C18H30N4O4. The first-order chi connectivity index (χ1) is 12.2. The summed E-state index contributed by atoms with van der Waals surface area (Å²) < 4.78 is 0. The van der Waals surface area contributed by atoms with Crippen LogP contribution in [0.2, 0.25) is 0 Å². The highest BCUT2D eigenvalue weighted by Crippen LogP contribution is 2.39. The molecule has 0 aromatic carbocycles. The van der Waals surface area contributed by atoms with Crippen molar-refractivity contribution < 1.29 is 19.5 Å². The summed E-state index contributed by atoms with van der Waals surface area (Å²) in [5.41, 5.74) is -0.241. The van der Waals surface area contributed by atoms with Crippen molar-refractivity contribution in [2.24, 2.45) is 5.92 Å². The van der Waals surface area contributed by atoms with Crippen LogP contribution in [0.15, 0.2) is 0 Å². The van der Waals surface area contributed by atoms with Crippen LogP contribution < -0.4 is 5.32 Å². The molecule has 3 saturated heterocycles. The molecule has 8 nitrogen and oxygen atoms in total. The van der Waals surface area contributed by atoms with Crippen molar-refractivity contribution in [3.05, 3.63) is 0 Å². The Morgan fingerprint density at radius 1 is 1.15 bits per heavy atom. The van der Waals surface area contributed by atoms with Gasteiger partial charge in [0.2, 0.25) is 17.7 Å². The SMILES string of the molecule is CC(=O)NCCC(=O)N1CC2CC(O)CN2C2(C1)CN(C(=O)C(C)C)C2. The van der Waals surface area contributed by atoms with Gasteiger partial charge in [-0.15, -0.1) is 0 Å². The summed E-state index contributed by atoms with van der Waals surface area (Å²) in [6.45, 7) is 8.60. The van der Waals surface area contributed by atoms with E-state index in [4.69, 9.17) is 0 Å². The molecule has 3 aliphatic rings. The predicted octanol–water partition coefficient (Wildman–Crippen LogP) is -0.973. The van der Waals surface area contributed by atoms with E-state index in [2.05, 4.69) is 10.2 Å². The molecule has 3 aliphatic heterocycles. The van der Waals surface area contributed by atoms with E-state index in [1.807, 2.05) is 23.6 Å². The number of likely N-dealkylation sites (tertiary alicyclic amines) is 1. The van der Waals surface area contributed by atoms with Crippen molar-refractivity contribution >= 4 is 17.7 Å². The Bertz CT molecular complexity index is 588. The maximum atomic E-state index is 12.6. The summed E-state index contributed by atoms with van der Waals surface area (Å²) >= 11 is 0. The van der Waals surface area contributed by atoms with Gasteiger partial charge in [0.05, 0.1) is 11.6 Å². The molecule has 0 aliphatic carbocycles. The Morgan fingerprint density at radius 2 is 1.81 bits per heavy atom. The number of β-amino-alcohol motifs (C(OH)–C–C–N with tert-alkyl or cyclic N) is 1. The van der Waals surface area contributed by atoms with Crippen LogP contribution >= 0.6 is 0 Å². The summed E-state index contributed by atoms with van der Waals surface area (Å²) in [5, 5.41) is 12.8. The molecule has 3 amide bonds. The summed E-state index contributed by atoms with van der Waals surface area (Å²) in [7, 11) is 0. The van der Waals surface area contributed by atoms with Crippen molar-refractivity contribution in [2.45, 2.75) is 51.3 Å². The zero-order valence-electron chi connectivity index (χ0n) is 15.9. The first kappa shape index (κ1) is 19.1. The molecule has 2 unspecified atom stereocenters. The third kappa shape index (κ3) is 3.57. The molecule has 26 heavy (non-hydrogen) atoms. The van der Waals surface area contributed by atoms with Crippen LogP contribution in [-0.2, 0) is 14.4 Å². The van der Waals surface area contributed by atoms with Crippen LogP contribution in [0.5, 0.6) is 0 Å². The summed E-state index contributed by atoms with van der Waals surface area (Å²) in [5.74, 6) is -0.0139. The predicted molar refractivity (Wildman–Crippen MR) is 95.1 cm³/mol. The average molecular weight is 366 g/mol. The van der Waals surface area contributed by atoms with Crippen molar-refractivity contribution in [3.8, 4) is 0 Å². The molecule has 8 heteroatoms. The highest BCUT2D eigenvalue weighted by atomic mass is 16.3. The van der Waals surface area contributed by atoms with Gasteiger partial charge in [-0.1, -0.05) is 13.8 Å². The Hall–Kier alpha value is -1.67. The number of carbonyl (C=O) groups is 3. The summed E-state index contributed by atoms with van der Waals surface area (Å²) in [6.07, 6.45) is 0.565. The lowest BCUT2D eigenvalue weighted by Crippen LogP contribution is -2.79. The van der Waals surface area contributed by atoms with Gasteiger partial charge in [0.25, 0.3) is 0 Å². The summed E-state index contributed by atoms with van der Waals surface area (Å²) in [4.78, 5) is 41.9. The average Bonchev–Trinajstić information content (AvgIpc) is 2.90. The third-order valence-electron chi connectivity index (χ3n) is 5.76. The highest BCUT2D eigenvalue weighted by molar-refractivity contribution is 5.80. The second-order valence-electron chi connectivity index (χ2n) is 8.28. The highest BCUT2D eigenvalue weighted by Gasteiger charge is 2.57. The monoisotopic (exact) mass is 366 g/mol. The Labute approximate surface area is 154 Å². The number of amides is 3. The minimum atomic E-state index is -0.374. The number of nitrogens with one attached hydrogen (secondary N) is 1. The van der Waals surface area contributed by atoms with E-state index < -0.39 is 0 Å². The van der Waals surface area contributed by atoms with Crippen molar-refractivity contribution in [3.63, 3.8) is 0 Å². The second kappa shape index (κ2) is 7.15. The zero-order chi connectivity index (χ0) is 19.1. The smallest absolute Gasteiger partial charge is 0.225 e. The van der Waals surface area contributed by atoms with Gasteiger partial charge in [-0.05, 0) is 6.42 Å². The van der Waals surface area contributed by atoms with E-state index in [0.29, 0.717) is 45.7 Å². The fourth-order valence-corrected chi connectivity index (χ4v) is 4.57. The maximum Gasteiger partial charge on any atom is 0.225 e. The Morgan fingerprint density at radius 3 is 2.42 bits per heavy atom. The fraction of sp³-hybridized carbons (Fsp3) is 0.833. The molecule has 0 bridgehead atoms. The first-order valence-electron chi connectivity index (χ1n) is 9.47. The van der Waals surface area contributed by atoms with Gasteiger partial charge in [0.1, 0.15) is 0 Å². The Balaban J connectivity index is 1.67. The maximum absolute atomic E-state index is 12.6. The molecule has 0 radical (unpaired) electrons. The lowest BCUT2D eigenvalue weighted by molar-refractivity contribution is -0.164. The van der Waals surface area contributed by atoms with E-state index in [1.54, 1.807) is 0 Å². The largest absolute Gasteiger partial charge is 0.392 e. The molecule has 0 saturated carbocycles. The molecule has 3 heterocycles. The number of hydrogen-bond acceptors (Lipinski definition) is 5. The van der Waals surface area contributed by atoms with Crippen LogP contribution in [0.4, 0.5) is 0 Å². The molecule has 0 aromatic heterocycles. The lowest BCUT2D eigenvalue weighted by atomic mass is 9.83. The van der Waals surface area contributed by atoms with E-state index in [0.717, 1.165) is 0 Å². The first-order valence-corrected chi connectivity index (χ1v) is 9.47. The topological polar surface area (TPSA) is 93.2 Å². The number of aliphatic hydroxyl groups is 1. The second-order valence-corrected chi connectivity index (χ2v) is 8.28. The molecule has 146 valence electrons. The van der Waals surface area contributed by atoms with Crippen LogP contribution in [0, 0.1) is 5.92 Å². The van der Waals surface area contributed by atoms with Gasteiger partial charge in [-0.2, -0.15) is 0 Å². The van der Waals surface area contributed by atoms with Crippen LogP contribution in [-0.4, -0.2) is 94.5 Å². The number of carbonyl (C=O) groups excluding carboxylic acids is 3. The lowest BCUT2D eigenvalue weighted by Gasteiger charge is -2.61. The van der Waals surface area contributed by atoms with Crippen molar-refractivity contribution in [1.82, 2.24) is 20.0 Å². The molecule has 3 rings (SSSR count). The molecule has 0 aromatic rings. The molecule has 2 atom stereocenters. The molecule has 3 fully saturated rings. The number of hydrogen-bond donors (Lipinski definition) is 2. The zero-order valence-corrected chi connectivity index (χ0v) is 15.9. The van der Waals surface area contributed by atoms with Gasteiger partial charge >= 0.3 is 0 Å². The van der Waals surface area contributed by atoms with E-state index >= 15 is 0 Å².